The molecule has 3 rings (SSSR count). The molecule has 2 fully saturated rings. The van der Waals surface area contributed by atoms with Gasteiger partial charge in [0.1, 0.15) is 6.10 Å². The Morgan fingerprint density at radius 2 is 2.14 bits per heavy atom. The zero-order valence-electron chi connectivity index (χ0n) is 17.4. The van der Waals surface area contributed by atoms with Crippen LogP contribution >= 0.6 is 0 Å². The van der Waals surface area contributed by atoms with Crippen molar-refractivity contribution in [1.29, 1.82) is 0 Å². The molecule has 1 N–H and O–H groups in total. The van der Waals surface area contributed by atoms with Crippen LogP contribution in [0, 0.1) is 5.82 Å². The van der Waals surface area contributed by atoms with E-state index in [0.29, 0.717) is 44.1 Å². The van der Waals surface area contributed by atoms with Gasteiger partial charge in [-0.1, -0.05) is 0 Å². The van der Waals surface area contributed by atoms with Crippen molar-refractivity contribution in [3.63, 3.8) is 0 Å². The first-order valence-electron chi connectivity index (χ1n) is 10.2. The summed E-state index contributed by atoms with van der Waals surface area (Å²) >= 11 is 0. The molecule has 162 valence electrons. The third-order valence-corrected chi connectivity index (χ3v) is 5.28. The number of ether oxygens (including phenoxy) is 4. The van der Waals surface area contributed by atoms with E-state index in [0.717, 1.165) is 19.4 Å². The predicted molar refractivity (Wildman–Crippen MR) is 106 cm³/mol. The van der Waals surface area contributed by atoms with Crippen LogP contribution in [0.5, 0.6) is 11.5 Å². The van der Waals surface area contributed by atoms with Crippen LogP contribution in [-0.2, 0) is 14.3 Å². The Balaban J connectivity index is 1.80. The molecule has 1 saturated carbocycles. The van der Waals surface area contributed by atoms with E-state index >= 15 is 0 Å². The summed E-state index contributed by atoms with van der Waals surface area (Å²) in [5.74, 6) is -0.143. The number of rotatable bonds is 10. The maximum atomic E-state index is 14.7. The molecule has 0 spiro atoms. The third-order valence-electron chi connectivity index (χ3n) is 5.28. The van der Waals surface area contributed by atoms with E-state index in [1.54, 1.807) is 13.2 Å². The van der Waals surface area contributed by atoms with E-state index in [9.17, 15) is 9.18 Å². The highest BCUT2D eigenvalue weighted by Crippen LogP contribution is 2.39. The highest BCUT2D eigenvalue weighted by Gasteiger charge is 2.40. The highest BCUT2D eigenvalue weighted by atomic mass is 19.1. The largest absolute Gasteiger partial charge is 0.490 e. The minimum atomic E-state index is -0.502. The molecule has 29 heavy (non-hydrogen) atoms. The molecular weight excluding hydrogens is 379 g/mol. The normalized spacial score (nSPS) is 20.2. The van der Waals surface area contributed by atoms with Crippen molar-refractivity contribution >= 4 is 5.91 Å². The smallest absolute Gasteiger partial charge is 0.253 e. The van der Waals surface area contributed by atoms with E-state index < -0.39 is 11.9 Å². The van der Waals surface area contributed by atoms with Gasteiger partial charge < -0.3 is 29.2 Å². The van der Waals surface area contributed by atoms with Crippen LogP contribution in [-0.4, -0.2) is 70.1 Å². The van der Waals surface area contributed by atoms with Gasteiger partial charge in [-0.3, -0.25) is 4.79 Å². The number of hydrogen-bond donors (Lipinski definition) is 1. The summed E-state index contributed by atoms with van der Waals surface area (Å²) in [5.41, 5.74) is 0.675. The number of hydrogen-bond acceptors (Lipinski definition) is 6. The fraction of sp³-hybridized carbons (Fsp3) is 0.667. The monoisotopic (exact) mass is 410 g/mol. The van der Waals surface area contributed by atoms with Gasteiger partial charge in [-0.2, -0.15) is 0 Å². The Kier molecular flexibility index (Phi) is 7.69. The van der Waals surface area contributed by atoms with Crippen molar-refractivity contribution in [2.75, 3.05) is 47.1 Å². The average Bonchev–Trinajstić information content (AvgIpc) is 3.56. The first kappa shape index (κ1) is 21.8. The van der Waals surface area contributed by atoms with Gasteiger partial charge >= 0.3 is 0 Å². The molecule has 7 nitrogen and oxygen atoms in total. The zero-order valence-corrected chi connectivity index (χ0v) is 17.4. The first-order chi connectivity index (χ1) is 14.1. The van der Waals surface area contributed by atoms with Gasteiger partial charge in [-0.15, -0.1) is 0 Å². The number of methoxy groups -OCH3 is 2. The maximum absolute atomic E-state index is 14.7. The summed E-state index contributed by atoms with van der Waals surface area (Å²) in [4.78, 5) is 15.0. The second kappa shape index (κ2) is 10.2. The van der Waals surface area contributed by atoms with Crippen LogP contribution in [0.4, 0.5) is 4.39 Å². The van der Waals surface area contributed by atoms with Crippen LogP contribution in [0.2, 0.25) is 0 Å². The van der Waals surface area contributed by atoms with E-state index in [1.807, 2.05) is 11.8 Å². The number of benzene rings is 1. The second-order valence-corrected chi connectivity index (χ2v) is 7.45. The Morgan fingerprint density at radius 3 is 2.76 bits per heavy atom. The van der Waals surface area contributed by atoms with Gasteiger partial charge in [0.15, 0.2) is 17.3 Å². The molecule has 1 aromatic carbocycles. The minimum absolute atomic E-state index is 0.0500. The van der Waals surface area contributed by atoms with Crippen molar-refractivity contribution in [2.45, 2.75) is 44.4 Å². The molecule has 2 aliphatic rings. The Morgan fingerprint density at radius 1 is 1.34 bits per heavy atom. The molecular formula is C21H31FN2O5. The van der Waals surface area contributed by atoms with Crippen molar-refractivity contribution in [1.82, 2.24) is 10.2 Å². The molecule has 1 amide bonds. The molecule has 0 bridgehead atoms. The maximum Gasteiger partial charge on any atom is 0.253 e. The lowest BCUT2D eigenvalue weighted by Crippen LogP contribution is -2.50. The molecule has 0 aromatic heterocycles. The van der Waals surface area contributed by atoms with E-state index in [2.05, 4.69) is 5.32 Å². The lowest BCUT2D eigenvalue weighted by Gasteiger charge is -2.34. The molecule has 1 saturated heterocycles. The summed E-state index contributed by atoms with van der Waals surface area (Å²) in [7, 11) is 3.04. The van der Waals surface area contributed by atoms with Gasteiger partial charge in [-0.05, 0) is 37.5 Å². The van der Waals surface area contributed by atoms with Gasteiger partial charge in [0.2, 0.25) is 0 Å². The predicted octanol–water partition coefficient (Wildman–Crippen LogP) is 2.29. The SMILES string of the molecule is COCCCOc1cc([C@@H](C)N(C(=O)[C@H]2CNCCO2)C2CC2)cc(F)c1OC. The molecule has 0 radical (unpaired) electrons. The number of nitrogens with zero attached hydrogens (tertiary/aromatic N) is 1. The summed E-state index contributed by atoms with van der Waals surface area (Å²) in [6.07, 6.45) is 2.09. The van der Waals surface area contributed by atoms with Crippen LogP contribution in [0.1, 0.15) is 37.8 Å². The minimum Gasteiger partial charge on any atom is -0.490 e. The van der Waals surface area contributed by atoms with Crippen LogP contribution in [0.25, 0.3) is 0 Å². The van der Waals surface area contributed by atoms with Crippen molar-refractivity contribution in [3.8, 4) is 11.5 Å². The van der Waals surface area contributed by atoms with Crippen LogP contribution in [0.3, 0.4) is 0 Å². The third kappa shape index (κ3) is 5.38. The molecule has 0 unspecified atom stereocenters. The Labute approximate surface area is 171 Å². The number of halogens is 1. The van der Waals surface area contributed by atoms with Gasteiger partial charge in [0, 0.05) is 39.3 Å². The Bertz CT molecular complexity index is 692. The average molecular weight is 410 g/mol. The lowest BCUT2D eigenvalue weighted by molar-refractivity contribution is -0.148. The highest BCUT2D eigenvalue weighted by molar-refractivity contribution is 5.82. The van der Waals surface area contributed by atoms with Gasteiger partial charge in [-0.25, -0.2) is 4.39 Å². The van der Waals surface area contributed by atoms with Crippen LogP contribution < -0.4 is 14.8 Å². The Hall–Kier alpha value is -1.90. The molecule has 2 atom stereocenters. The standard InChI is InChI=1S/C21H31FN2O5/c1-14(24(16-5-6-16)21(25)19-13-23-7-10-29-19)15-11-17(22)20(27-3)18(12-15)28-9-4-8-26-2/h11-12,14,16,19,23H,4-10,13H2,1-3H3/t14-,19-/m1/s1. The van der Waals surface area contributed by atoms with Gasteiger partial charge in [0.25, 0.3) is 5.91 Å². The number of carbonyl (C=O) groups is 1. The van der Waals surface area contributed by atoms with Crippen molar-refractivity contribution in [3.05, 3.63) is 23.5 Å². The molecule has 1 aromatic rings. The van der Waals surface area contributed by atoms with E-state index in [4.69, 9.17) is 18.9 Å². The summed E-state index contributed by atoms with van der Waals surface area (Å²) in [6.45, 7) is 4.62. The van der Waals surface area contributed by atoms with Gasteiger partial charge in [0.05, 0.1) is 26.4 Å². The van der Waals surface area contributed by atoms with E-state index in [1.165, 1.54) is 13.2 Å². The molecule has 8 heteroatoms. The molecule has 1 aliphatic heterocycles. The first-order valence-corrected chi connectivity index (χ1v) is 10.2. The number of amides is 1. The molecule has 1 aliphatic carbocycles. The zero-order chi connectivity index (χ0) is 20.8. The lowest BCUT2D eigenvalue weighted by atomic mass is 10.0. The van der Waals surface area contributed by atoms with Crippen molar-refractivity contribution in [2.24, 2.45) is 0 Å². The van der Waals surface area contributed by atoms with Crippen molar-refractivity contribution < 1.29 is 28.1 Å². The quantitative estimate of drug-likeness (QED) is 0.597. The summed E-state index contributed by atoms with van der Waals surface area (Å²) in [5, 5.41) is 3.20. The second-order valence-electron chi connectivity index (χ2n) is 7.45. The number of nitrogens with one attached hydrogen (secondary N) is 1. The summed E-state index contributed by atoms with van der Waals surface area (Å²) in [6, 6.07) is 3.05. The fourth-order valence-electron chi connectivity index (χ4n) is 3.61. The number of carbonyl (C=O) groups excluding carboxylic acids is 1. The fourth-order valence-corrected chi connectivity index (χ4v) is 3.61. The van der Waals surface area contributed by atoms with Crippen LogP contribution in [0.15, 0.2) is 12.1 Å². The molecule has 1 heterocycles. The topological polar surface area (TPSA) is 69.3 Å². The summed E-state index contributed by atoms with van der Waals surface area (Å²) < 4.78 is 36.3. The number of morpholine rings is 1. The van der Waals surface area contributed by atoms with E-state index in [-0.39, 0.29) is 23.7 Å².